The maximum atomic E-state index is 6.07. The first-order valence-electron chi connectivity index (χ1n) is 10.3. The average molecular weight is 383 g/mol. The fourth-order valence-electron chi connectivity index (χ4n) is 4.50. The Morgan fingerprint density at radius 3 is 2.69 bits per heavy atom. The van der Waals surface area contributed by atoms with Gasteiger partial charge in [-0.2, -0.15) is 0 Å². The quantitative estimate of drug-likeness (QED) is 0.482. The minimum Gasteiger partial charge on any atom is -0.489 e. The number of H-pyrrole nitrogens is 1. The van der Waals surface area contributed by atoms with Gasteiger partial charge in [-0.3, -0.25) is 0 Å². The van der Waals surface area contributed by atoms with Crippen LogP contribution in [-0.4, -0.2) is 11.5 Å². The van der Waals surface area contributed by atoms with Crippen LogP contribution in [0.4, 0.5) is 0 Å². The van der Waals surface area contributed by atoms with Crippen molar-refractivity contribution in [3.05, 3.63) is 100 Å². The molecule has 0 saturated carbocycles. The highest BCUT2D eigenvalue weighted by atomic mass is 16.5. The summed E-state index contributed by atoms with van der Waals surface area (Å²) in [5, 5.41) is 5.08. The van der Waals surface area contributed by atoms with E-state index >= 15 is 0 Å². The molecule has 0 spiro atoms. The number of nitrogens with one attached hydrogen (secondary N) is 2. The number of aromatic nitrogens is 1. The molecule has 0 saturated heterocycles. The SMILES string of the molecule is Cc1cc(C)c2[nH]c3c(c2c1)CCNC3c1cccc(OCc2ccccc2)c1. The highest BCUT2D eigenvalue weighted by Gasteiger charge is 2.26. The van der Waals surface area contributed by atoms with Gasteiger partial charge < -0.3 is 15.0 Å². The molecule has 3 nitrogen and oxygen atoms in total. The molecule has 0 bridgehead atoms. The van der Waals surface area contributed by atoms with Gasteiger partial charge in [0, 0.05) is 23.1 Å². The fourth-order valence-corrected chi connectivity index (χ4v) is 4.50. The maximum Gasteiger partial charge on any atom is 0.120 e. The minimum atomic E-state index is 0.158. The van der Waals surface area contributed by atoms with Crippen molar-refractivity contribution in [2.75, 3.05) is 6.54 Å². The normalized spacial score (nSPS) is 16.0. The standard InChI is InChI=1S/C26H26N2O/c1-17-13-18(2)24-23(14-17)22-11-12-27-25(26(22)28-24)20-9-6-10-21(15-20)29-16-19-7-4-3-5-8-19/h3-10,13-15,25,27-28H,11-12,16H2,1-2H3. The van der Waals surface area contributed by atoms with Gasteiger partial charge >= 0.3 is 0 Å². The molecule has 0 aliphatic carbocycles. The van der Waals surface area contributed by atoms with E-state index in [4.69, 9.17) is 4.74 Å². The molecule has 2 N–H and O–H groups in total. The van der Waals surface area contributed by atoms with Gasteiger partial charge in [0.25, 0.3) is 0 Å². The third-order valence-corrected chi connectivity index (χ3v) is 5.84. The maximum absolute atomic E-state index is 6.07. The number of rotatable bonds is 4. The number of hydrogen-bond acceptors (Lipinski definition) is 2. The molecule has 0 amide bonds. The Morgan fingerprint density at radius 2 is 1.83 bits per heavy atom. The highest BCUT2D eigenvalue weighted by molar-refractivity contribution is 5.88. The van der Waals surface area contributed by atoms with E-state index in [1.165, 1.54) is 44.4 Å². The minimum absolute atomic E-state index is 0.158. The van der Waals surface area contributed by atoms with Crippen LogP contribution in [-0.2, 0) is 13.0 Å². The van der Waals surface area contributed by atoms with Gasteiger partial charge in [0.15, 0.2) is 0 Å². The van der Waals surface area contributed by atoms with Crippen LogP contribution in [0.25, 0.3) is 10.9 Å². The van der Waals surface area contributed by atoms with Crippen LogP contribution in [0.15, 0.2) is 66.7 Å². The van der Waals surface area contributed by atoms with Crippen molar-refractivity contribution in [2.24, 2.45) is 0 Å². The number of ether oxygens (including phenoxy) is 1. The smallest absolute Gasteiger partial charge is 0.120 e. The number of benzene rings is 3. The predicted molar refractivity (Wildman–Crippen MR) is 119 cm³/mol. The summed E-state index contributed by atoms with van der Waals surface area (Å²) in [6, 6.07) is 23.5. The van der Waals surface area contributed by atoms with E-state index in [-0.39, 0.29) is 6.04 Å². The van der Waals surface area contributed by atoms with Gasteiger partial charge in [-0.25, -0.2) is 0 Å². The zero-order valence-corrected chi connectivity index (χ0v) is 17.0. The summed E-state index contributed by atoms with van der Waals surface area (Å²) in [6.45, 7) is 5.93. The van der Waals surface area contributed by atoms with Crippen LogP contribution in [0.1, 0.15) is 39.6 Å². The molecule has 146 valence electrons. The lowest BCUT2D eigenvalue weighted by atomic mass is 9.93. The van der Waals surface area contributed by atoms with E-state index in [1.54, 1.807) is 0 Å². The van der Waals surface area contributed by atoms with Gasteiger partial charge in [0.2, 0.25) is 0 Å². The van der Waals surface area contributed by atoms with E-state index in [0.717, 1.165) is 18.7 Å². The summed E-state index contributed by atoms with van der Waals surface area (Å²) < 4.78 is 6.07. The summed E-state index contributed by atoms with van der Waals surface area (Å²) >= 11 is 0. The van der Waals surface area contributed by atoms with Gasteiger partial charge in [0.1, 0.15) is 12.4 Å². The van der Waals surface area contributed by atoms with E-state index in [1.807, 2.05) is 24.3 Å². The summed E-state index contributed by atoms with van der Waals surface area (Å²) in [6.07, 6.45) is 1.05. The van der Waals surface area contributed by atoms with E-state index in [2.05, 4.69) is 66.6 Å². The second-order valence-electron chi connectivity index (χ2n) is 8.01. The lowest BCUT2D eigenvalue weighted by Gasteiger charge is -2.25. The Balaban J connectivity index is 1.47. The van der Waals surface area contributed by atoms with Crippen LogP contribution >= 0.6 is 0 Å². The van der Waals surface area contributed by atoms with Crippen molar-refractivity contribution in [1.82, 2.24) is 10.3 Å². The van der Waals surface area contributed by atoms with Crippen molar-refractivity contribution < 1.29 is 4.74 Å². The van der Waals surface area contributed by atoms with Crippen molar-refractivity contribution >= 4 is 10.9 Å². The molecule has 1 atom stereocenters. The predicted octanol–water partition coefficient (Wildman–Crippen LogP) is 5.60. The Kier molecular flexibility index (Phi) is 4.61. The first kappa shape index (κ1) is 18.0. The van der Waals surface area contributed by atoms with Gasteiger partial charge in [-0.1, -0.05) is 54.1 Å². The Bertz CT molecular complexity index is 1160. The molecule has 2 heterocycles. The third-order valence-electron chi connectivity index (χ3n) is 5.84. The second kappa shape index (κ2) is 7.41. The van der Waals surface area contributed by atoms with E-state index in [9.17, 15) is 0 Å². The summed E-state index contributed by atoms with van der Waals surface area (Å²) in [5.41, 5.74) is 9.06. The zero-order valence-electron chi connectivity index (χ0n) is 17.0. The molecular weight excluding hydrogens is 356 g/mol. The molecule has 0 fully saturated rings. The molecule has 0 radical (unpaired) electrons. The average Bonchev–Trinajstić information content (AvgIpc) is 3.12. The largest absolute Gasteiger partial charge is 0.489 e. The molecule has 1 aliphatic heterocycles. The molecule has 3 aromatic carbocycles. The van der Waals surface area contributed by atoms with Crippen LogP contribution in [0.5, 0.6) is 5.75 Å². The lowest BCUT2D eigenvalue weighted by molar-refractivity contribution is 0.305. The van der Waals surface area contributed by atoms with Gasteiger partial charge in [-0.15, -0.1) is 0 Å². The molecule has 1 unspecified atom stereocenters. The first-order valence-corrected chi connectivity index (χ1v) is 10.3. The van der Waals surface area contributed by atoms with Crippen LogP contribution in [0.3, 0.4) is 0 Å². The first-order chi connectivity index (χ1) is 14.2. The molecule has 1 aliphatic rings. The topological polar surface area (TPSA) is 37.0 Å². The summed E-state index contributed by atoms with van der Waals surface area (Å²) in [7, 11) is 0. The second-order valence-corrected chi connectivity index (χ2v) is 8.01. The number of fused-ring (bicyclic) bond motifs is 3. The summed E-state index contributed by atoms with van der Waals surface area (Å²) in [4.78, 5) is 3.73. The van der Waals surface area contributed by atoms with E-state index in [0.29, 0.717) is 6.61 Å². The van der Waals surface area contributed by atoms with Crippen LogP contribution in [0.2, 0.25) is 0 Å². The number of aromatic amines is 1. The molecule has 1 aromatic heterocycles. The van der Waals surface area contributed by atoms with Crippen LogP contribution < -0.4 is 10.1 Å². The fraction of sp³-hybridized carbons (Fsp3) is 0.231. The van der Waals surface area contributed by atoms with Crippen molar-refractivity contribution in [3.63, 3.8) is 0 Å². The molecule has 29 heavy (non-hydrogen) atoms. The Labute approximate surface area is 171 Å². The van der Waals surface area contributed by atoms with Crippen molar-refractivity contribution in [3.8, 4) is 5.75 Å². The Hall–Kier alpha value is -3.04. The third kappa shape index (κ3) is 3.43. The van der Waals surface area contributed by atoms with Crippen LogP contribution in [0, 0.1) is 13.8 Å². The van der Waals surface area contributed by atoms with Gasteiger partial charge in [0.05, 0.1) is 6.04 Å². The molecule has 5 rings (SSSR count). The molecule has 3 heteroatoms. The Morgan fingerprint density at radius 1 is 0.966 bits per heavy atom. The van der Waals surface area contributed by atoms with E-state index < -0.39 is 0 Å². The molecule has 4 aromatic rings. The van der Waals surface area contributed by atoms with Crippen molar-refractivity contribution in [1.29, 1.82) is 0 Å². The summed E-state index contributed by atoms with van der Waals surface area (Å²) in [5.74, 6) is 0.906. The monoisotopic (exact) mass is 382 g/mol. The van der Waals surface area contributed by atoms with Crippen molar-refractivity contribution in [2.45, 2.75) is 32.9 Å². The number of aryl methyl sites for hydroxylation is 2. The zero-order chi connectivity index (χ0) is 19.8. The highest BCUT2D eigenvalue weighted by Crippen LogP contribution is 2.36. The van der Waals surface area contributed by atoms with Gasteiger partial charge in [-0.05, 0) is 60.7 Å². The lowest BCUT2D eigenvalue weighted by Crippen LogP contribution is -2.30. The number of hydrogen-bond donors (Lipinski definition) is 2. The molecular formula is C26H26N2O.